The highest BCUT2D eigenvalue weighted by Crippen LogP contribution is 2.22. The van der Waals surface area contributed by atoms with Gasteiger partial charge in [-0.2, -0.15) is 0 Å². The number of aliphatic hydroxyl groups is 1. The molecule has 1 N–H and O–H groups in total. The molecule has 0 aliphatic heterocycles. The molecule has 5 heteroatoms. The highest BCUT2D eigenvalue weighted by Gasteiger charge is 1.96. The molecule has 0 rings (SSSR count). The van der Waals surface area contributed by atoms with Gasteiger partial charge in [0.1, 0.15) is 0 Å². The van der Waals surface area contributed by atoms with Gasteiger partial charge in [0.25, 0.3) is 0 Å². The Bertz CT molecular complexity index is 88.9. The minimum Gasteiger partial charge on any atom is -0.396 e. The van der Waals surface area contributed by atoms with Gasteiger partial charge in [-0.25, -0.2) is 0 Å². The van der Waals surface area contributed by atoms with Crippen molar-refractivity contribution in [3.63, 3.8) is 0 Å². The fraction of sp³-hybridized carbons (Fsp3) is 1.00. The van der Waals surface area contributed by atoms with Crippen molar-refractivity contribution < 1.29 is 14.2 Å². The second kappa shape index (κ2) is 7.55. The van der Waals surface area contributed by atoms with Crippen molar-refractivity contribution in [2.24, 2.45) is 0 Å². The van der Waals surface area contributed by atoms with Gasteiger partial charge in [0.15, 0.2) is 8.03 Å². The first-order valence-electron chi connectivity index (χ1n) is 3.13. The molecule has 0 amide bonds. The topological polar surface area (TPSA) is 46.5 Å². The molecule has 1 atom stereocenters. The van der Waals surface area contributed by atoms with E-state index < -0.39 is 8.03 Å². The molecule has 0 heterocycles. The number of hydrogen-bond donors (Lipinski definition) is 1. The second-order valence-corrected chi connectivity index (χ2v) is 3.65. The van der Waals surface area contributed by atoms with E-state index in [1.54, 1.807) is 0 Å². The molecule has 0 aromatic rings. The third kappa shape index (κ3) is 6.56. The molecule has 0 saturated carbocycles. The van der Waals surface area contributed by atoms with Crippen molar-refractivity contribution in [1.82, 2.24) is 0 Å². The highest BCUT2D eigenvalue weighted by molar-refractivity contribution is 7.39. The Balaban J connectivity index is 3.09. The Morgan fingerprint density at radius 3 is 2.80 bits per heavy atom. The SMILES string of the molecule is O=[PH](CCCO)OCCCl. The smallest absolute Gasteiger partial charge is 0.191 e. The number of halogens is 1. The van der Waals surface area contributed by atoms with Crippen LogP contribution in [0.1, 0.15) is 6.42 Å². The van der Waals surface area contributed by atoms with E-state index in [1.807, 2.05) is 0 Å². The molecule has 0 aromatic carbocycles. The summed E-state index contributed by atoms with van der Waals surface area (Å²) >= 11 is 5.28. The maximum absolute atomic E-state index is 10.8. The lowest BCUT2D eigenvalue weighted by Gasteiger charge is -1.99. The maximum Gasteiger partial charge on any atom is 0.191 e. The van der Waals surface area contributed by atoms with Crippen LogP contribution in [0.25, 0.3) is 0 Å². The fourth-order valence-electron chi connectivity index (χ4n) is 0.448. The second-order valence-electron chi connectivity index (χ2n) is 1.74. The van der Waals surface area contributed by atoms with E-state index in [4.69, 9.17) is 21.2 Å². The molecular formula is C5H12ClO3P. The predicted octanol–water partition coefficient (Wildman–Crippen LogP) is 1.10. The van der Waals surface area contributed by atoms with Crippen molar-refractivity contribution >= 4 is 19.6 Å². The zero-order valence-corrected chi connectivity index (χ0v) is 7.43. The molecule has 0 spiro atoms. The molecule has 0 radical (unpaired) electrons. The van der Waals surface area contributed by atoms with Gasteiger partial charge in [0, 0.05) is 18.6 Å². The standard InChI is InChI=1S/C5H12ClO3P/c6-2-4-9-10(8)5-1-3-7/h7,10H,1-5H2. The molecule has 1 unspecified atom stereocenters. The van der Waals surface area contributed by atoms with Gasteiger partial charge in [-0.05, 0) is 6.42 Å². The molecule has 0 fully saturated rings. The van der Waals surface area contributed by atoms with Crippen LogP contribution in [0.3, 0.4) is 0 Å². The summed E-state index contributed by atoms with van der Waals surface area (Å²) in [5.41, 5.74) is 0. The first kappa shape index (κ1) is 10.4. The lowest BCUT2D eigenvalue weighted by Crippen LogP contribution is -1.91. The van der Waals surface area contributed by atoms with E-state index in [2.05, 4.69) is 0 Å². The Kier molecular flexibility index (Phi) is 7.88. The summed E-state index contributed by atoms with van der Waals surface area (Å²) in [4.78, 5) is 0. The van der Waals surface area contributed by atoms with Gasteiger partial charge in [-0.15, -0.1) is 11.6 Å². The zero-order valence-electron chi connectivity index (χ0n) is 5.68. The van der Waals surface area contributed by atoms with Crippen molar-refractivity contribution in [3.8, 4) is 0 Å². The molecule has 0 aliphatic carbocycles. The summed E-state index contributed by atoms with van der Waals surface area (Å²) in [5, 5.41) is 8.34. The summed E-state index contributed by atoms with van der Waals surface area (Å²) in [6.45, 7) is 0.408. The number of hydrogen-bond acceptors (Lipinski definition) is 3. The van der Waals surface area contributed by atoms with E-state index in [9.17, 15) is 4.57 Å². The van der Waals surface area contributed by atoms with E-state index in [1.165, 1.54) is 0 Å². The first-order valence-corrected chi connectivity index (χ1v) is 5.19. The van der Waals surface area contributed by atoms with Crippen LogP contribution in [0.4, 0.5) is 0 Å². The van der Waals surface area contributed by atoms with Crippen molar-refractivity contribution in [2.45, 2.75) is 6.42 Å². The van der Waals surface area contributed by atoms with Gasteiger partial charge in [0.2, 0.25) is 0 Å². The van der Waals surface area contributed by atoms with E-state index in [-0.39, 0.29) is 6.61 Å². The van der Waals surface area contributed by atoms with Crippen LogP contribution in [0.15, 0.2) is 0 Å². The minimum absolute atomic E-state index is 0.0701. The summed E-state index contributed by atoms with van der Waals surface area (Å²) in [6.07, 6.45) is 0.998. The molecule has 0 aromatic heterocycles. The van der Waals surface area contributed by atoms with Crippen molar-refractivity contribution in [1.29, 1.82) is 0 Å². The quantitative estimate of drug-likeness (QED) is 0.499. The van der Waals surface area contributed by atoms with Crippen LogP contribution < -0.4 is 0 Å². The van der Waals surface area contributed by atoms with Crippen LogP contribution >= 0.6 is 19.6 Å². The lowest BCUT2D eigenvalue weighted by molar-refractivity contribution is 0.291. The average Bonchev–Trinajstić information content (AvgIpc) is 1.97. The largest absolute Gasteiger partial charge is 0.396 e. The molecule has 0 saturated heterocycles. The summed E-state index contributed by atoms with van der Waals surface area (Å²) in [5.74, 6) is 0.371. The zero-order chi connectivity index (χ0) is 7.82. The molecular weight excluding hydrogens is 174 g/mol. The first-order chi connectivity index (χ1) is 4.81. The van der Waals surface area contributed by atoms with Gasteiger partial charge in [0.05, 0.1) is 6.61 Å². The van der Waals surface area contributed by atoms with Crippen LogP contribution in [-0.2, 0) is 9.09 Å². The summed E-state index contributed by atoms with van der Waals surface area (Å²) in [6, 6.07) is 0. The molecule has 10 heavy (non-hydrogen) atoms. The van der Waals surface area contributed by atoms with Crippen LogP contribution in [0.2, 0.25) is 0 Å². The number of aliphatic hydroxyl groups excluding tert-OH is 1. The molecule has 0 bridgehead atoms. The van der Waals surface area contributed by atoms with Gasteiger partial charge in [-0.3, -0.25) is 4.57 Å². The molecule has 3 nitrogen and oxygen atoms in total. The Hall–Kier alpha value is 0.440. The average molecular weight is 187 g/mol. The normalized spacial score (nSPS) is 13.4. The highest BCUT2D eigenvalue weighted by atomic mass is 35.5. The van der Waals surface area contributed by atoms with Gasteiger partial charge < -0.3 is 9.63 Å². The van der Waals surface area contributed by atoms with Crippen LogP contribution in [-0.4, -0.2) is 30.4 Å². The third-order valence-electron chi connectivity index (χ3n) is 0.879. The molecule has 62 valence electrons. The minimum atomic E-state index is -1.91. The summed E-state index contributed by atoms with van der Waals surface area (Å²) < 4.78 is 15.6. The predicted molar refractivity (Wildman–Crippen MR) is 42.2 cm³/mol. The van der Waals surface area contributed by atoms with E-state index in [0.29, 0.717) is 25.1 Å². The number of rotatable bonds is 6. The third-order valence-corrected chi connectivity index (χ3v) is 2.32. The monoisotopic (exact) mass is 186 g/mol. The molecule has 0 aliphatic rings. The van der Waals surface area contributed by atoms with Gasteiger partial charge in [-0.1, -0.05) is 0 Å². The Morgan fingerprint density at radius 1 is 1.60 bits per heavy atom. The van der Waals surface area contributed by atoms with E-state index in [0.717, 1.165) is 0 Å². The fourth-order valence-corrected chi connectivity index (χ4v) is 1.58. The Labute approximate surface area is 66.2 Å². The van der Waals surface area contributed by atoms with Crippen molar-refractivity contribution in [3.05, 3.63) is 0 Å². The van der Waals surface area contributed by atoms with Crippen LogP contribution in [0.5, 0.6) is 0 Å². The Morgan fingerprint density at radius 2 is 2.30 bits per heavy atom. The van der Waals surface area contributed by atoms with Crippen LogP contribution in [0, 0.1) is 0 Å². The summed E-state index contributed by atoms with van der Waals surface area (Å²) in [7, 11) is -1.91. The van der Waals surface area contributed by atoms with E-state index >= 15 is 0 Å². The maximum atomic E-state index is 10.8. The lowest BCUT2D eigenvalue weighted by atomic mass is 10.5. The van der Waals surface area contributed by atoms with Crippen molar-refractivity contribution in [2.75, 3.05) is 25.3 Å². The number of alkyl halides is 1. The van der Waals surface area contributed by atoms with Gasteiger partial charge >= 0.3 is 0 Å².